The highest BCUT2D eigenvalue weighted by Gasteiger charge is 2.30. The molecule has 3 N–H and O–H groups in total. The second-order valence-corrected chi connectivity index (χ2v) is 9.35. The number of fused-ring (bicyclic) bond motifs is 3. The quantitative estimate of drug-likeness (QED) is 0.0908. The fourth-order valence-electron chi connectivity index (χ4n) is 4.51. The van der Waals surface area contributed by atoms with Gasteiger partial charge in [0.05, 0.1) is 18.9 Å². The summed E-state index contributed by atoms with van der Waals surface area (Å²) < 4.78 is 10.6. The topological polar surface area (TPSA) is 129 Å². The highest BCUT2D eigenvalue weighted by atomic mass is 16.7. The number of aryl methyl sites for hydroxylation is 1. The number of amides is 1. The van der Waals surface area contributed by atoms with Crippen molar-refractivity contribution in [2.75, 3.05) is 13.2 Å². The number of hydrogen-bond acceptors (Lipinski definition) is 7. The van der Waals surface area contributed by atoms with E-state index in [2.05, 4.69) is 17.1 Å². The smallest absolute Gasteiger partial charge is 0.407 e. The van der Waals surface area contributed by atoms with Crippen molar-refractivity contribution in [3.8, 4) is 11.1 Å². The molecule has 0 fully saturated rings. The first-order chi connectivity index (χ1) is 19.4. The second-order valence-electron chi connectivity index (χ2n) is 9.35. The molecule has 3 aromatic carbocycles. The molecule has 1 aliphatic carbocycles. The number of carbonyl (C=O) groups is 3. The molecule has 0 spiro atoms. The normalized spacial score (nSPS) is 13.0. The molecule has 0 aliphatic heterocycles. The van der Waals surface area contributed by atoms with Crippen LogP contribution in [0.3, 0.4) is 0 Å². The maximum atomic E-state index is 12.8. The van der Waals surface area contributed by atoms with Gasteiger partial charge >= 0.3 is 18.0 Å². The zero-order valence-electron chi connectivity index (χ0n) is 22.2. The van der Waals surface area contributed by atoms with E-state index in [1.807, 2.05) is 67.6 Å². The number of alkyl carbamates (subject to hydrolysis) is 1. The first-order valence-electron chi connectivity index (χ1n) is 12.8. The lowest BCUT2D eigenvalue weighted by atomic mass is 9.98. The predicted octanol–water partition coefficient (Wildman–Crippen LogP) is 4.58. The van der Waals surface area contributed by atoms with Crippen molar-refractivity contribution in [2.24, 2.45) is 10.9 Å². The Balaban J connectivity index is 1.38. The van der Waals surface area contributed by atoms with Gasteiger partial charge in [-0.1, -0.05) is 96.2 Å². The molecule has 0 radical (unpaired) electrons. The molecule has 0 aromatic heterocycles. The lowest BCUT2D eigenvalue weighted by molar-refractivity contribution is -0.145. The van der Waals surface area contributed by atoms with Crippen LogP contribution in [-0.4, -0.2) is 43.1 Å². The molecule has 0 heterocycles. The maximum absolute atomic E-state index is 12.8. The van der Waals surface area contributed by atoms with Crippen molar-refractivity contribution in [1.82, 2.24) is 5.32 Å². The SMILES string of the molecule is C=CCOC(=O)C[C@H](CC(=O)O/N=C(/N)c1ccc(C)cc1)NC(=O)OCC1c2ccccc2-c2ccccc21. The largest absolute Gasteiger partial charge is 0.461 e. The van der Waals surface area contributed by atoms with E-state index in [1.54, 1.807) is 12.1 Å². The molecule has 0 saturated heterocycles. The van der Waals surface area contributed by atoms with Crippen molar-refractivity contribution < 1.29 is 28.7 Å². The molecule has 40 heavy (non-hydrogen) atoms. The molecule has 0 unspecified atom stereocenters. The number of esters is 1. The van der Waals surface area contributed by atoms with Crippen LogP contribution < -0.4 is 11.1 Å². The monoisotopic (exact) mass is 541 g/mol. The van der Waals surface area contributed by atoms with Crippen LogP contribution in [0.4, 0.5) is 4.79 Å². The molecular formula is C31H31N3O6. The summed E-state index contributed by atoms with van der Waals surface area (Å²) >= 11 is 0. The number of nitrogens with two attached hydrogens (primary N) is 1. The van der Waals surface area contributed by atoms with E-state index >= 15 is 0 Å². The average Bonchev–Trinajstić information content (AvgIpc) is 3.27. The Bertz CT molecular complexity index is 1370. The second kappa shape index (κ2) is 13.2. The highest BCUT2D eigenvalue weighted by Crippen LogP contribution is 2.44. The van der Waals surface area contributed by atoms with Crippen molar-refractivity contribution in [3.05, 3.63) is 108 Å². The highest BCUT2D eigenvalue weighted by molar-refractivity contribution is 5.97. The molecule has 1 amide bonds. The van der Waals surface area contributed by atoms with E-state index in [1.165, 1.54) is 6.08 Å². The van der Waals surface area contributed by atoms with Crippen LogP contribution in [0.1, 0.15) is 41.0 Å². The van der Waals surface area contributed by atoms with E-state index in [4.69, 9.17) is 20.0 Å². The molecule has 9 nitrogen and oxygen atoms in total. The third-order valence-electron chi connectivity index (χ3n) is 6.45. The summed E-state index contributed by atoms with van der Waals surface area (Å²) in [5, 5.41) is 6.27. The standard InChI is InChI=1S/C31H31N3O6/c1-3-16-38-28(35)17-22(18-29(36)40-34-30(32)21-14-12-20(2)13-15-21)33-31(37)39-19-27-25-10-6-4-8-23(25)24-9-5-7-11-26(24)27/h3-15,22,27H,1,16-19H2,2H3,(H2,32,34)(H,33,37)/t22-/m1/s1. The van der Waals surface area contributed by atoms with Crippen molar-refractivity contribution in [1.29, 1.82) is 0 Å². The van der Waals surface area contributed by atoms with Crippen LogP contribution in [-0.2, 0) is 23.9 Å². The van der Waals surface area contributed by atoms with Crippen molar-refractivity contribution in [3.63, 3.8) is 0 Å². The summed E-state index contributed by atoms with van der Waals surface area (Å²) in [5.41, 5.74) is 11.9. The lowest BCUT2D eigenvalue weighted by Crippen LogP contribution is -2.39. The minimum atomic E-state index is -0.962. The number of rotatable bonds is 11. The van der Waals surface area contributed by atoms with Crippen molar-refractivity contribution >= 4 is 23.9 Å². The molecule has 4 rings (SSSR count). The number of carbonyl (C=O) groups excluding carboxylic acids is 3. The number of hydrogen-bond donors (Lipinski definition) is 2. The first-order valence-corrected chi connectivity index (χ1v) is 12.8. The van der Waals surface area contributed by atoms with Gasteiger partial charge < -0.3 is 25.4 Å². The fourth-order valence-corrected chi connectivity index (χ4v) is 4.51. The van der Waals surface area contributed by atoms with Crippen LogP contribution in [0.25, 0.3) is 11.1 Å². The number of ether oxygens (including phenoxy) is 2. The van der Waals surface area contributed by atoms with Gasteiger partial charge in [-0.3, -0.25) is 4.79 Å². The Morgan fingerprint density at radius 2 is 1.52 bits per heavy atom. The number of benzene rings is 3. The van der Waals surface area contributed by atoms with Crippen LogP contribution in [0, 0.1) is 6.92 Å². The number of nitrogens with one attached hydrogen (secondary N) is 1. The van der Waals surface area contributed by atoms with Gasteiger partial charge in [0, 0.05) is 11.5 Å². The molecule has 1 atom stereocenters. The van der Waals surface area contributed by atoms with E-state index < -0.39 is 24.1 Å². The minimum Gasteiger partial charge on any atom is -0.461 e. The number of oxime groups is 1. The molecule has 9 heteroatoms. The molecular weight excluding hydrogens is 510 g/mol. The predicted molar refractivity (Wildman–Crippen MR) is 150 cm³/mol. The average molecular weight is 542 g/mol. The van der Waals surface area contributed by atoms with Crippen LogP contribution in [0.15, 0.2) is 90.6 Å². The zero-order chi connectivity index (χ0) is 28.5. The van der Waals surface area contributed by atoms with Gasteiger partial charge in [0.2, 0.25) is 0 Å². The van der Waals surface area contributed by atoms with Gasteiger partial charge in [0.15, 0.2) is 5.84 Å². The minimum absolute atomic E-state index is 0.00167. The first kappa shape index (κ1) is 28.1. The summed E-state index contributed by atoms with van der Waals surface area (Å²) in [4.78, 5) is 42.5. The number of nitrogens with zero attached hydrogens (tertiary/aromatic N) is 1. The van der Waals surface area contributed by atoms with Crippen molar-refractivity contribution in [2.45, 2.75) is 31.7 Å². The number of amidine groups is 1. The van der Waals surface area contributed by atoms with Gasteiger partial charge in [-0.2, -0.15) is 0 Å². The Morgan fingerprint density at radius 1 is 0.925 bits per heavy atom. The van der Waals surface area contributed by atoms with E-state index in [0.717, 1.165) is 27.8 Å². The van der Waals surface area contributed by atoms with Gasteiger partial charge in [-0.15, -0.1) is 0 Å². The van der Waals surface area contributed by atoms with Gasteiger partial charge in [0.25, 0.3) is 0 Å². The Morgan fingerprint density at radius 3 is 2.15 bits per heavy atom. The van der Waals surface area contributed by atoms with E-state index in [9.17, 15) is 14.4 Å². The summed E-state index contributed by atoms with van der Waals surface area (Å²) in [6.07, 6.45) is -0.00993. The van der Waals surface area contributed by atoms with Gasteiger partial charge in [-0.05, 0) is 29.2 Å². The molecule has 1 aliphatic rings. The van der Waals surface area contributed by atoms with Crippen LogP contribution in [0.2, 0.25) is 0 Å². The maximum Gasteiger partial charge on any atom is 0.407 e. The van der Waals surface area contributed by atoms with E-state index in [-0.39, 0.29) is 37.8 Å². The summed E-state index contributed by atoms with van der Waals surface area (Å²) in [5.74, 6) is -1.55. The third kappa shape index (κ3) is 7.13. The third-order valence-corrected chi connectivity index (χ3v) is 6.45. The van der Waals surface area contributed by atoms with Crippen LogP contribution >= 0.6 is 0 Å². The Labute approximate surface area is 232 Å². The molecule has 0 bridgehead atoms. The van der Waals surface area contributed by atoms with Gasteiger partial charge in [-0.25, -0.2) is 9.59 Å². The fraction of sp³-hybridized carbons (Fsp3) is 0.226. The molecule has 3 aromatic rings. The summed E-state index contributed by atoms with van der Waals surface area (Å²) in [6, 6.07) is 22.2. The summed E-state index contributed by atoms with van der Waals surface area (Å²) in [6.45, 7) is 5.51. The van der Waals surface area contributed by atoms with Crippen LogP contribution in [0.5, 0.6) is 0 Å². The lowest BCUT2D eigenvalue weighted by Gasteiger charge is -2.18. The molecule has 0 saturated carbocycles. The zero-order valence-corrected chi connectivity index (χ0v) is 22.2. The molecule has 206 valence electrons. The Kier molecular flexibility index (Phi) is 9.30. The van der Waals surface area contributed by atoms with E-state index in [0.29, 0.717) is 5.56 Å². The summed E-state index contributed by atoms with van der Waals surface area (Å²) in [7, 11) is 0. The van der Waals surface area contributed by atoms with Gasteiger partial charge in [0.1, 0.15) is 13.2 Å². The Hall–Kier alpha value is -4.92.